The van der Waals surface area contributed by atoms with Crippen molar-refractivity contribution in [2.24, 2.45) is 0 Å². The Morgan fingerprint density at radius 2 is 2.00 bits per heavy atom. The van der Waals surface area contributed by atoms with E-state index in [2.05, 4.69) is 11.4 Å². The summed E-state index contributed by atoms with van der Waals surface area (Å²) in [6.07, 6.45) is 0.933. The molecular formula is C17H15ClN2O2. The van der Waals surface area contributed by atoms with Gasteiger partial charge in [0.25, 0.3) is 0 Å². The van der Waals surface area contributed by atoms with E-state index in [-0.39, 0.29) is 5.91 Å². The number of carbonyl (C=O) groups excluding carboxylic acids is 1. The number of hydrogen-bond acceptors (Lipinski definition) is 3. The van der Waals surface area contributed by atoms with E-state index in [4.69, 9.17) is 21.6 Å². The topological polar surface area (TPSA) is 62.1 Å². The van der Waals surface area contributed by atoms with Gasteiger partial charge in [-0.15, -0.1) is 0 Å². The van der Waals surface area contributed by atoms with E-state index >= 15 is 0 Å². The third kappa shape index (κ3) is 4.24. The first-order valence-electron chi connectivity index (χ1n) is 6.75. The van der Waals surface area contributed by atoms with Crippen LogP contribution in [0.1, 0.15) is 17.5 Å². The quantitative estimate of drug-likeness (QED) is 0.913. The van der Waals surface area contributed by atoms with Crippen LogP contribution < -0.4 is 10.1 Å². The van der Waals surface area contributed by atoms with Gasteiger partial charge in [-0.25, -0.2) is 0 Å². The Kier molecular flexibility index (Phi) is 5.40. The van der Waals surface area contributed by atoms with E-state index in [9.17, 15) is 4.79 Å². The predicted molar refractivity (Wildman–Crippen MR) is 86.1 cm³/mol. The zero-order valence-electron chi connectivity index (χ0n) is 12.1. The van der Waals surface area contributed by atoms with Crippen LogP contribution in [-0.2, 0) is 11.2 Å². The molecular weight excluding hydrogens is 300 g/mol. The van der Waals surface area contributed by atoms with Crippen molar-refractivity contribution in [3.8, 4) is 11.8 Å². The Bertz CT molecular complexity index is 706. The standard InChI is InChI=1S/C17H15ClN2O2/c1-22-16-8-7-14(18)10-15(16)20-17(21)9-6-12-2-4-13(11-19)5-3-12/h2-5,7-8,10H,6,9H2,1H3,(H,20,21). The van der Waals surface area contributed by atoms with Gasteiger partial charge in [0, 0.05) is 11.4 Å². The molecule has 22 heavy (non-hydrogen) atoms. The molecule has 112 valence electrons. The summed E-state index contributed by atoms with van der Waals surface area (Å²) < 4.78 is 5.19. The molecule has 0 unspecified atom stereocenters. The summed E-state index contributed by atoms with van der Waals surface area (Å²) in [6.45, 7) is 0. The maximum Gasteiger partial charge on any atom is 0.224 e. The molecule has 2 aromatic carbocycles. The number of methoxy groups -OCH3 is 1. The van der Waals surface area contributed by atoms with Crippen LogP contribution in [0.15, 0.2) is 42.5 Å². The van der Waals surface area contributed by atoms with Crippen molar-refractivity contribution >= 4 is 23.2 Å². The lowest BCUT2D eigenvalue weighted by Crippen LogP contribution is -2.13. The first-order chi connectivity index (χ1) is 10.6. The summed E-state index contributed by atoms with van der Waals surface area (Å²) >= 11 is 5.93. The molecule has 0 bridgehead atoms. The Hall–Kier alpha value is -2.51. The zero-order chi connectivity index (χ0) is 15.9. The average molecular weight is 315 g/mol. The number of halogens is 1. The molecule has 0 spiro atoms. The van der Waals surface area contributed by atoms with Crippen molar-refractivity contribution in [3.05, 3.63) is 58.6 Å². The molecule has 0 aliphatic carbocycles. The van der Waals surface area contributed by atoms with Crippen LogP contribution >= 0.6 is 11.6 Å². The van der Waals surface area contributed by atoms with E-state index < -0.39 is 0 Å². The van der Waals surface area contributed by atoms with Crippen LogP contribution in [0.3, 0.4) is 0 Å². The number of benzene rings is 2. The lowest BCUT2D eigenvalue weighted by atomic mass is 10.1. The summed E-state index contributed by atoms with van der Waals surface area (Å²) in [4.78, 5) is 12.0. The van der Waals surface area contributed by atoms with Crippen LogP contribution in [-0.4, -0.2) is 13.0 Å². The Balaban J connectivity index is 1.95. The van der Waals surface area contributed by atoms with Crippen LogP contribution in [0.5, 0.6) is 5.75 Å². The minimum atomic E-state index is -0.120. The lowest BCUT2D eigenvalue weighted by molar-refractivity contribution is -0.116. The highest BCUT2D eigenvalue weighted by Crippen LogP contribution is 2.27. The molecule has 4 nitrogen and oxygen atoms in total. The van der Waals surface area contributed by atoms with E-state index in [1.807, 2.05) is 12.1 Å². The molecule has 0 saturated heterocycles. The first-order valence-corrected chi connectivity index (χ1v) is 7.12. The smallest absolute Gasteiger partial charge is 0.224 e. The lowest BCUT2D eigenvalue weighted by Gasteiger charge is -2.10. The molecule has 2 aromatic rings. The minimum Gasteiger partial charge on any atom is -0.495 e. The molecule has 0 fully saturated rings. The van der Waals surface area contributed by atoms with Gasteiger partial charge in [0.2, 0.25) is 5.91 Å². The van der Waals surface area contributed by atoms with Crippen molar-refractivity contribution in [1.82, 2.24) is 0 Å². The molecule has 0 radical (unpaired) electrons. The highest BCUT2D eigenvalue weighted by Gasteiger charge is 2.08. The molecule has 0 atom stereocenters. The highest BCUT2D eigenvalue weighted by atomic mass is 35.5. The number of nitriles is 1. The van der Waals surface area contributed by atoms with Gasteiger partial charge in [-0.2, -0.15) is 5.26 Å². The third-order valence-corrected chi connectivity index (χ3v) is 3.39. The number of nitrogens with zero attached hydrogens (tertiary/aromatic N) is 1. The molecule has 5 heteroatoms. The summed E-state index contributed by atoms with van der Waals surface area (Å²) in [5, 5.41) is 12.1. The first kappa shape index (κ1) is 15.9. The van der Waals surface area contributed by atoms with Gasteiger partial charge in [0.15, 0.2) is 0 Å². The molecule has 0 heterocycles. The average Bonchev–Trinajstić information content (AvgIpc) is 2.53. The number of nitrogens with one attached hydrogen (secondary N) is 1. The molecule has 0 aliphatic rings. The second kappa shape index (κ2) is 7.48. The van der Waals surface area contributed by atoms with Gasteiger partial charge in [-0.1, -0.05) is 23.7 Å². The van der Waals surface area contributed by atoms with Crippen molar-refractivity contribution in [1.29, 1.82) is 5.26 Å². The number of aryl methyl sites for hydroxylation is 1. The molecule has 2 rings (SSSR count). The van der Waals surface area contributed by atoms with Gasteiger partial charge in [0.05, 0.1) is 24.4 Å². The van der Waals surface area contributed by atoms with Gasteiger partial charge in [-0.3, -0.25) is 4.79 Å². The predicted octanol–water partition coefficient (Wildman–Crippen LogP) is 3.79. The Labute approximate surface area is 134 Å². The van der Waals surface area contributed by atoms with Crippen molar-refractivity contribution in [2.45, 2.75) is 12.8 Å². The summed E-state index contributed by atoms with van der Waals surface area (Å²) in [7, 11) is 1.54. The SMILES string of the molecule is COc1ccc(Cl)cc1NC(=O)CCc1ccc(C#N)cc1. The van der Waals surface area contributed by atoms with Crippen LogP contribution in [0, 0.1) is 11.3 Å². The Morgan fingerprint density at radius 3 is 2.64 bits per heavy atom. The molecule has 1 amide bonds. The second-order valence-corrected chi connectivity index (χ2v) is 5.14. The third-order valence-electron chi connectivity index (χ3n) is 3.16. The van der Waals surface area contributed by atoms with Gasteiger partial charge >= 0.3 is 0 Å². The van der Waals surface area contributed by atoms with E-state index in [0.717, 1.165) is 5.56 Å². The number of ether oxygens (including phenoxy) is 1. The van der Waals surface area contributed by atoms with E-state index in [1.54, 1.807) is 30.3 Å². The fraction of sp³-hybridized carbons (Fsp3) is 0.176. The molecule has 0 saturated carbocycles. The normalized spacial score (nSPS) is 9.86. The molecule has 0 aromatic heterocycles. The molecule has 0 aliphatic heterocycles. The van der Waals surface area contributed by atoms with E-state index in [1.165, 1.54) is 7.11 Å². The van der Waals surface area contributed by atoms with Crippen molar-refractivity contribution in [2.75, 3.05) is 12.4 Å². The summed E-state index contributed by atoms with van der Waals surface area (Å²) in [5.74, 6) is 0.445. The molecule has 1 N–H and O–H groups in total. The van der Waals surface area contributed by atoms with Crippen LogP contribution in [0.2, 0.25) is 5.02 Å². The maximum atomic E-state index is 12.0. The largest absolute Gasteiger partial charge is 0.495 e. The monoisotopic (exact) mass is 314 g/mol. The fourth-order valence-corrected chi connectivity index (χ4v) is 2.17. The highest BCUT2D eigenvalue weighted by molar-refractivity contribution is 6.31. The van der Waals surface area contributed by atoms with E-state index in [0.29, 0.717) is 34.9 Å². The van der Waals surface area contributed by atoms with Crippen molar-refractivity contribution in [3.63, 3.8) is 0 Å². The summed E-state index contributed by atoms with van der Waals surface area (Å²) in [5.41, 5.74) is 2.17. The van der Waals surface area contributed by atoms with Gasteiger partial charge < -0.3 is 10.1 Å². The number of carbonyl (C=O) groups is 1. The number of anilines is 1. The maximum absolute atomic E-state index is 12.0. The number of amides is 1. The van der Waals surface area contributed by atoms with Gasteiger partial charge in [-0.05, 0) is 42.3 Å². The minimum absolute atomic E-state index is 0.120. The van der Waals surface area contributed by atoms with Crippen LogP contribution in [0.25, 0.3) is 0 Å². The number of hydrogen-bond donors (Lipinski definition) is 1. The number of rotatable bonds is 5. The second-order valence-electron chi connectivity index (χ2n) is 4.70. The van der Waals surface area contributed by atoms with Gasteiger partial charge in [0.1, 0.15) is 5.75 Å². The summed E-state index contributed by atoms with van der Waals surface area (Å²) in [6, 6.07) is 14.3. The van der Waals surface area contributed by atoms with Crippen molar-refractivity contribution < 1.29 is 9.53 Å². The fourth-order valence-electron chi connectivity index (χ4n) is 1.99. The zero-order valence-corrected chi connectivity index (χ0v) is 12.9. The van der Waals surface area contributed by atoms with Crippen LogP contribution in [0.4, 0.5) is 5.69 Å². The Morgan fingerprint density at radius 1 is 1.27 bits per heavy atom.